The third kappa shape index (κ3) is 4.29. The molecule has 118 valence electrons. The maximum Gasteiger partial charge on any atom is 0.338 e. The molecule has 2 rings (SSSR count). The van der Waals surface area contributed by atoms with Crippen LogP contribution >= 0.6 is 20.7 Å². The van der Waals surface area contributed by atoms with Crippen LogP contribution in [0.25, 0.3) is 0 Å². The summed E-state index contributed by atoms with van der Waals surface area (Å²) in [5.41, 5.74) is 2.82. The third-order valence-electron chi connectivity index (χ3n) is 3.22. The van der Waals surface area contributed by atoms with Gasteiger partial charge in [-0.15, -0.1) is 0 Å². The molecule has 1 aliphatic heterocycles. The number of esters is 1. The number of carbonyl (C=O) groups is 1. The van der Waals surface area contributed by atoms with Gasteiger partial charge in [-0.1, -0.05) is 51.1 Å². The van der Waals surface area contributed by atoms with E-state index in [2.05, 4.69) is 32.9 Å². The lowest BCUT2D eigenvalue weighted by atomic mass is 9.86. The van der Waals surface area contributed by atoms with E-state index >= 15 is 0 Å². The first-order valence-electron chi connectivity index (χ1n) is 7.10. The van der Waals surface area contributed by atoms with Crippen molar-refractivity contribution in [2.24, 2.45) is 5.41 Å². The van der Waals surface area contributed by atoms with Crippen molar-refractivity contribution < 1.29 is 14.3 Å². The second-order valence-electron chi connectivity index (χ2n) is 6.02. The highest BCUT2D eigenvalue weighted by Crippen LogP contribution is 2.38. The molecular formula is C18H21IO3. The summed E-state index contributed by atoms with van der Waals surface area (Å²) >= 11 is -0.472. The quantitative estimate of drug-likeness (QED) is 0.545. The van der Waals surface area contributed by atoms with Gasteiger partial charge in [0.15, 0.2) is 3.77 Å². The van der Waals surface area contributed by atoms with Gasteiger partial charge in [0.2, 0.25) is 0 Å². The van der Waals surface area contributed by atoms with Crippen LogP contribution in [0.2, 0.25) is 0 Å². The van der Waals surface area contributed by atoms with Gasteiger partial charge < -0.3 is 9.47 Å². The van der Waals surface area contributed by atoms with Crippen molar-refractivity contribution in [2.75, 3.05) is 7.11 Å². The molecule has 3 nitrogen and oxygen atoms in total. The van der Waals surface area contributed by atoms with Gasteiger partial charge >= 0.3 is 5.97 Å². The molecule has 0 aromatic heterocycles. The van der Waals surface area contributed by atoms with Crippen LogP contribution in [0.4, 0.5) is 0 Å². The number of allylic oxidation sites excluding steroid dienone is 2. The van der Waals surface area contributed by atoms with Gasteiger partial charge in [-0.05, 0) is 41.8 Å². The Hall–Kier alpha value is -1.43. The predicted molar refractivity (Wildman–Crippen MR) is 97.9 cm³/mol. The summed E-state index contributed by atoms with van der Waals surface area (Å²) in [7, 11) is 1.41. The Bertz CT molecular complexity index is 634. The van der Waals surface area contributed by atoms with Crippen LogP contribution in [0, 0.1) is 5.41 Å². The van der Waals surface area contributed by atoms with Crippen molar-refractivity contribution in [3.8, 4) is 0 Å². The molecule has 0 fully saturated rings. The van der Waals surface area contributed by atoms with Crippen molar-refractivity contribution in [1.82, 2.24) is 0 Å². The number of rotatable bonds is 4. The van der Waals surface area contributed by atoms with Crippen molar-refractivity contribution in [1.29, 1.82) is 0 Å². The Morgan fingerprint density at radius 3 is 2.45 bits per heavy atom. The van der Waals surface area contributed by atoms with E-state index in [1.54, 1.807) is 0 Å². The molecule has 0 atom stereocenters. The summed E-state index contributed by atoms with van der Waals surface area (Å²) in [6, 6.07) is 10.1. The zero-order valence-corrected chi connectivity index (χ0v) is 15.5. The molecule has 0 unspecified atom stereocenters. The molecule has 22 heavy (non-hydrogen) atoms. The fraction of sp³-hybridized carbons (Fsp3) is 0.333. The van der Waals surface area contributed by atoms with Gasteiger partial charge in [-0.3, -0.25) is 0 Å². The van der Waals surface area contributed by atoms with E-state index < -0.39 is 20.7 Å². The summed E-state index contributed by atoms with van der Waals surface area (Å²) < 4.78 is 13.9. The molecule has 0 N–H and O–H groups in total. The number of methoxy groups -OCH3 is 1. The number of benzene rings is 1. The standard InChI is InChI=1S/C18H21IO3/c1-18(2,3)15-10-14(17(20)21-4)11-19-16(15)22-12-13-8-6-5-7-9-13/h5-11H,12H2,1-4H3. The molecule has 0 bridgehead atoms. The van der Waals surface area contributed by atoms with E-state index in [1.807, 2.05) is 28.3 Å². The second-order valence-corrected chi connectivity index (χ2v) is 8.25. The van der Waals surface area contributed by atoms with Crippen molar-refractivity contribution in [3.05, 3.63) is 56.9 Å². The zero-order valence-electron chi connectivity index (χ0n) is 13.4. The average molecular weight is 412 g/mol. The fourth-order valence-electron chi connectivity index (χ4n) is 1.97. The van der Waals surface area contributed by atoms with Crippen LogP contribution in [0.15, 0.2) is 51.3 Å². The predicted octanol–water partition coefficient (Wildman–Crippen LogP) is 4.35. The molecule has 1 aromatic carbocycles. The summed E-state index contributed by atoms with van der Waals surface area (Å²) in [6.45, 7) is 6.96. The lowest BCUT2D eigenvalue weighted by molar-refractivity contribution is -0.135. The molecule has 1 heterocycles. The Balaban J connectivity index is 2.26. The highest BCUT2D eigenvalue weighted by molar-refractivity contribution is 14.2. The lowest BCUT2D eigenvalue weighted by Gasteiger charge is -2.25. The molecular weight excluding hydrogens is 391 g/mol. The highest BCUT2D eigenvalue weighted by Gasteiger charge is 2.25. The monoisotopic (exact) mass is 412 g/mol. The minimum absolute atomic E-state index is 0.0702. The summed E-state index contributed by atoms with van der Waals surface area (Å²) in [5.74, 6) is -0.274. The average Bonchev–Trinajstić information content (AvgIpc) is 2.52. The first kappa shape index (κ1) is 16.9. The van der Waals surface area contributed by atoms with Crippen LogP contribution in [0.5, 0.6) is 0 Å². The van der Waals surface area contributed by atoms with Crippen LogP contribution in [-0.4, -0.2) is 17.1 Å². The minimum atomic E-state index is -0.472. The van der Waals surface area contributed by atoms with Crippen LogP contribution < -0.4 is 0 Å². The lowest BCUT2D eigenvalue weighted by Crippen LogP contribution is -2.15. The fourth-order valence-corrected chi connectivity index (χ4v) is 4.66. The van der Waals surface area contributed by atoms with E-state index in [1.165, 1.54) is 7.11 Å². The largest absolute Gasteiger partial charge is 0.483 e. The molecule has 0 radical (unpaired) electrons. The van der Waals surface area contributed by atoms with E-state index in [0.717, 1.165) is 14.9 Å². The Morgan fingerprint density at radius 1 is 1.18 bits per heavy atom. The van der Waals surface area contributed by atoms with Crippen LogP contribution in [0.1, 0.15) is 26.3 Å². The molecule has 0 saturated carbocycles. The molecule has 0 aliphatic carbocycles. The molecule has 4 heteroatoms. The van der Waals surface area contributed by atoms with Gasteiger partial charge in [-0.25, -0.2) is 4.79 Å². The van der Waals surface area contributed by atoms with Gasteiger partial charge in [0, 0.05) is 5.57 Å². The number of carbonyl (C=O) groups excluding carboxylic acids is 1. The van der Waals surface area contributed by atoms with E-state index in [9.17, 15) is 4.79 Å². The molecule has 0 spiro atoms. The Morgan fingerprint density at radius 2 is 1.86 bits per heavy atom. The van der Waals surface area contributed by atoms with E-state index in [4.69, 9.17) is 9.47 Å². The van der Waals surface area contributed by atoms with Crippen LogP contribution in [0.3, 0.4) is 0 Å². The highest BCUT2D eigenvalue weighted by atomic mass is 127. The van der Waals surface area contributed by atoms with Gasteiger partial charge in [0.25, 0.3) is 0 Å². The number of ether oxygens (including phenoxy) is 2. The van der Waals surface area contributed by atoms with Gasteiger partial charge in [0.05, 0.1) is 12.7 Å². The van der Waals surface area contributed by atoms with Crippen molar-refractivity contribution >= 4 is 30.7 Å². The normalized spacial score (nSPS) is 15.0. The molecule has 1 aliphatic rings. The van der Waals surface area contributed by atoms with Gasteiger partial charge in [0.1, 0.15) is 6.61 Å². The molecule has 1 aromatic rings. The smallest absolute Gasteiger partial charge is 0.338 e. The summed E-state index contributed by atoms with van der Waals surface area (Å²) in [5, 5.41) is 0. The summed E-state index contributed by atoms with van der Waals surface area (Å²) in [6.07, 6.45) is 1.91. The van der Waals surface area contributed by atoms with Crippen molar-refractivity contribution in [3.63, 3.8) is 0 Å². The first-order chi connectivity index (χ1) is 10.4. The topological polar surface area (TPSA) is 35.5 Å². The maximum atomic E-state index is 11.8. The second kappa shape index (κ2) is 7.22. The number of hydrogen-bond donors (Lipinski definition) is 0. The van der Waals surface area contributed by atoms with E-state index in [0.29, 0.717) is 12.2 Å². The van der Waals surface area contributed by atoms with Crippen molar-refractivity contribution in [2.45, 2.75) is 27.4 Å². The molecule has 0 amide bonds. The third-order valence-corrected chi connectivity index (χ3v) is 5.66. The minimum Gasteiger partial charge on any atom is -0.483 e. The zero-order chi connectivity index (χ0) is 16.2. The number of halogens is 1. The Kier molecular flexibility index (Phi) is 5.56. The summed E-state index contributed by atoms with van der Waals surface area (Å²) in [4.78, 5) is 11.8. The molecule has 0 saturated heterocycles. The van der Waals surface area contributed by atoms with Gasteiger partial charge in [-0.2, -0.15) is 0 Å². The van der Waals surface area contributed by atoms with E-state index in [-0.39, 0.29) is 11.4 Å². The Labute approximate surface area is 141 Å². The maximum absolute atomic E-state index is 11.8. The first-order valence-corrected chi connectivity index (χ1v) is 9.42. The van der Waals surface area contributed by atoms with Crippen LogP contribution in [-0.2, 0) is 20.9 Å². The number of hydrogen-bond acceptors (Lipinski definition) is 3. The SMILES string of the molecule is COC(=O)C1=CC(C(C)(C)C)=C(OCc2ccccc2)I=C1.